The van der Waals surface area contributed by atoms with Gasteiger partial charge in [0, 0.05) is 5.69 Å². The van der Waals surface area contributed by atoms with Crippen LogP contribution in [0.25, 0.3) is 16.6 Å². The number of carbonyl (C=O) groups excluding carboxylic acids is 1. The van der Waals surface area contributed by atoms with Gasteiger partial charge in [-0.2, -0.15) is 5.10 Å². The number of nitrogens with zero attached hydrogens (tertiary/aromatic N) is 4. The van der Waals surface area contributed by atoms with E-state index in [1.807, 2.05) is 18.2 Å². The molecule has 0 saturated carbocycles. The number of aryl methyl sites for hydroxylation is 2. The number of amides is 1. The van der Waals surface area contributed by atoms with Gasteiger partial charge in [0.2, 0.25) is 0 Å². The highest BCUT2D eigenvalue weighted by molar-refractivity contribution is 5.83. The molecule has 4 rings (SSSR count). The van der Waals surface area contributed by atoms with Crippen molar-refractivity contribution in [1.29, 1.82) is 0 Å². The predicted molar refractivity (Wildman–Crippen MR) is 119 cm³/mol. The number of aromatic nitrogens is 4. The van der Waals surface area contributed by atoms with Gasteiger partial charge in [0.1, 0.15) is 5.82 Å². The van der Waals surface area contributed by atoms with Crippen molar-refractivity contribution in [2.45, 2.75) is 13.8 Å². The molecule has 0 radical (unpaired) electrons. The number of hydrazone groups is 1. The van der Waals surface area contributed by atoms with Crippen LogP contribution in [0.4, 0.5) is 0 Å². The lowest BCUT2D eigenvalue weighted by molar-refractivity contribution is -0.126. The molecular formula is C22H20N6O4. The number of rotatable bonds is 6. The Hall–Kier alpha value is -4.47. The molecule has 10 heteroatoms. The van der Waals surface area contributed by atoms with E-state index in [2.05, 4.69) is 20.6 Å². The van der Waals surface area contributed by atoms with Crippen LogP contribution in [0.2, 0.25) is 0 Å². The molecule has 4 aromatic rings. The second kappa shape index (κ2) is 8.72. The van der Waals surface area contributed by atoms with Crippen molar-refractivity contribution >= 4 is 23.0 Å². The van der Waals surface area contributed by atoms with E-state index in [0.29, 0.717) is 33.7 Å². The van der Waals surface area contributed by atoms with Crippen molar-refractivity contribution in [3.05, 3.63) is 92.4 Å². The van der Waals surface area contributed by atoms with Crippen molar-refractivity contribution in [1.82, 2.24) is 24.9 Å². The number of carbonyl (C=O) groups is 1. The molecule has 0 aliphatic rings. The highest BCUT2D eigenvalue weighted by Crippen LogP contribution is 2.07. The molecular weight excluding hydrogens is 412 g/mol. The quantitative estimate of drug-likeness (QED) is 0.349. The fourth-order valence-electron chi connectivity index (χ4n) is 3.17. The van der Waals surface area contributed by atoms with Gasteiger partial charge in [0.25, 0.3) is 17.0 Å². The highest BCUT2D eigenvalue weighted by Gasteiger charge is 2.12. The highest BCUT2D eigenvalue weighted by atomic mass is 16.7. The van der Waals surface area contributed by atoms with Gasteiger partial charge >= 0.3 is 0 Å². The Morgan fingerprint density at radius 3 is 2.59 bits per heavy atom. The van der Waals surface area contributed by atoms with Crippen LogP contribution in [-0.2, 0) is 4.79 Å². The number of aromatic amines is 1. The molecule has 0 aliphatic heterocycles. The third kappa shape index (κ3) is 4.06. The summed E-state index contributed by atoms with van der Waals surface area (Å²) >= 11 is 0. The minimum atomic E-state index is -0.600. The summed E-state index contributed by atoms with van der Waals surface area (Å²) in [7, 11) is 0. The lowest BCUT2D eigenvalue weighted by Gasteiger charge is -2.10. The van der Waals surface area contributed by atoms with Crippen LogP contribution in [0.5, 0.6) is 0 Å². The molecule has 0 unspecified atom stereocenters. The van der Waals surface area contributed by atoms with Crippen LogP contribution in [-0.4, -0.2) is 38.2 Å². The molecule has 2 N–H and O–H groups in total. The van der Waals surface area contributed by atoms with E-state index in [4.69, 9.17) is 4.84 Å². The standard InChI is InChI=1S/C22H20N6O4/c1-14-18(21(30)27(26-14)16-8-4-3-5-9-16)12-23-25-20(29)13-32-28-15(2)24-19-11-7-6-10-17(19)22(28)31/h3-12,26H,13H2,1-2H3,(H,25,29). The Bertz CT molecular complexity index is 1430. The van der Waals surface area contributed by atoms with E-state index in [1.165, 1.54) is 10.9 Å². The van der Waals surface area contributed by atoms with Crippen LogP contribution >= 0.6 is 0 Å². The second-order valence-electron chi connectivity index (χ2n) is 6.97. The summed E-state index contributed by atoms with van der Waals surface area (Å²) in [6, 6.07) is 16.0. The molecule has 2 aromatic heterocycles. The smallest absolute Gasteiger partial charge is 0.294 e. The van der Waals surface area contributed by atoms with E-state index in [1.54, 1.807) is 50.2 Å². The van der Waals surface area contributed by atoms with Gasteiger partial charge < -0.3 is 4.84 Å². The van der Waals surface area contributed by atoms with Crippen molar-refractivity contribution in [2.75, 3.05) is 6.61 Å². The number of hydrogen-bond acceptors (Lipinski definition) is 6. The summed E-state index contributed by atoms with van der Waals surface area (Å²) in [6.07, 6.45) is 1.26. The first-order valence-electron chi connectivity index (χ1n) is 9.76. The Morgan fingerprint density at radius 1 is 1.09 bits per heavy atom. The first kappa shape index (κ1) is 20.8. The number of fused-ring (bicyclic) bond motifs is 1. The van der Waals surface area contributed by atoms with E-state index in [9.17, 15) is 14.4 Å². The zero-order valence-electron chi connectivity index (χ0n) is 17.4. The van der Waals surface area contributed by atoms with Gasteiger partial charge in [-0.25, -0.2) is 15.1 Å². The molecule has 1 amide bonds. The molecule has 0 atom stereocenters. The fourth-order valence-corrected chi connectivity index (χ4v) is 3.17. The predicted octanol–water partition coefficient (Wildman–Crippen LogP) is 1.07. The van der Waals surface area contributed by atoms with Crippen molar-refractivity contribution in [3.8, 4) is 5.69 Å². The van der Waals surface area contributed by atoms with Crippen LogP contribution in [0.3, 0.4) is 0 Å². The normalized spacial score (nSPS) is 11.2. The lowest BCUT2D eigenvalue weighted by atomic mass is 10.2. The number of nitrogens with one attached hydrogen (secondary N) is 2. The molecule has 2 aromatic carbocycles. The topological polar surface area (TPSA) is 123 Å². The SMILES string of the molecule is Cc1[nH]n(-c2ccccc2)c(=O)c1C=NNC(=O)COn1c(C)nc2ccccc2c1=O. The van der Waals surface area contributed by atoms with Crippen molar-refractivity contribution in [2.24, 2.45) is 5.10 Å². The summed E-state index contributed by atoms with van der Waals surface area (Å²) < 4.78 is 2.37. The summed E-state index contributed by atoms with van der Waals surface area (Å²) in [4.78, 5) is 46.9. The molecule has 0 fully saturated rings. The van der Waals surface area contributed by atoms with E-state index in [-0.39, 0.29) is 5.56 Å². The number of hydrogen-bond donors (Lipinski definition) is 2. The molecule has 0 saturated heterocycles. The maximum absolute atomic E-state index is 12.6. The van der Waals surface area contributed by atoms with Crippen LogP contribution < -0.4 is 21.4 Å². The monoisotopic (exact) mass is 432 g/mol. The van der Waals surface area contributed by atoms with E-state index >= 15 is 0 Å². The Kier molecular flexibility index (Phi) is 5.67. The summed E-state index contributed by atoms with van der Waals surface area (Å²) in [5.41, 5.74) is 3.71. The van der Waals surface area contributed by atoms with Gasteiger partial charge in [-0.15, -0.1) is 4.73 Å². The minimum Gasteiger partial charge on any atom is -0.399 e. The molecule has 0 aliphatic carbocycles. The zero-order valence-corrected chi connectivity index (χ0v) is 17.4. The average Bonchev–Trinajstić information content (AvgIpc) is 3.08. The van der Waals surface area contributed by atoms with Gasteiger partial charge in [-0.05, 0) is 38.1 Å². The Morgan fingerprint density at radius 2 is 1.81 bits per heavy atom. The second-order valence-corrected chi connectivity index (χ2v) is 6.97. The Balaban J connectivity index is 1.43. The van der Waals surface area contributed by atoms with Crippen molar-refractivity contribution in [3.63, 3.8) is 0 Å². The largest absolute Gasteiger partial charge is 0.399 e. The first-order valence-corrected chi connectivity index (χ1v) is 9.76. The summed E-state index contributed by atoms with van der Waals surface area (Å²) in [5.74, 6) is -0.285. The molecule has 0 spiro atoms. The first-order chi connectivity index (χ1) is 15.5. The minimum absolute atomic E-state index is 0.299. The van der Waals surface area contributed by atoms with Crippen LogP contribution in [0, 0.1) is 13.8 Å². The average molecular weight is 432 g/mol. The lowest BCUT2D eigenvalue weighted by Crippen LogP contribution is -2.35. The number of H-pyrrole nitrogens is 1. The van der Waals surface area contributed by atoms with Gasteiger partial charge in [0.15, 0.2) is 6.61 Å². The van der Waals surface area contributed by atoms with Gasteiger partial charge in [0.05, 0.1) is 28.4 Å². The van der Waals surface area contributed by atoms with E-state index in [0.717, 1.165) is 4.73 Å². The molecule has 0 bridgehead atoms. The third-order valence-corrected chi connectivity index (χ3v) is 4.73. The van der Waals surface area contributed by atoms with Crippen molar-refractivity contribution < 1.29 is 9.63 Å². The number of benzene rings is 2. The van der Waals surface area contributed by atoms with Gasteiger partial charge in [-0.1, -0.05) is 30.3 Å². The molecule has 2 heterocycles. The summed E-state index contributed by atoms with van der Waals surface area (Å²) in [5, 5.41) is 7.19. The number of para-hydroxylation sites is 2. The molecule has 32 heavy (non-hydrogen) atoms. The maximum Gasteiger partial charge on any atom is 0.294 e. The fraction of sp³-hybridized carbons (Fsp3) is 0.136. The van der Waals surface area contributed by atoms with Gasteiger partial charge in [-0.3, -0.25) is 19.5 Å². The molecule has 162 valence electrons. The van der Waals surface area contributed by atoms with E-state index < -0.39 is 18.1 Å². The molecule has 10 nitrogen and oxygen atoms in total. The Labute approximate surface area is 181 Å². The third-order valence-electron chi connectivity index (χ3n) is 4.73. The van der Waals surface area contributed by atoms with Crippen LogP contribution in [0.15, 0.2) is 69.3 Å². The summed E-state index contributed by atoms with van der Waals surface area (Å²) in [6.45, 7) is 2.88. The maximum atomic E-state index is 12.6. The van der Waals surface area contributed by atoms with Crippen LogP contribution in [0.1, 0.15) is 17.1 Å². The zero-order chi connectivity index (χ0) is 22.7.